The van der Waals surface area contributed by atoms with E-state index in [1.165, 1.54) is 18.3 Å². The van der Waals surface area contributed by atoms with Gasteiger partial charge in [-0.25, -0.2) is 4.98 Å². The van der Waals surface area contributed by atoms with Gasteiger partial charge in [-0.05, 0) is 6.07 Å². The summed E-state index contributed by atoms with van der Waals surface area (Å²) in [6.07, 6.45) is 2.08. The van der Waals surface area contributed by atoms with Crippen LogP contribution in [0.1, 0.15) is 19.7 Å². The van der Waals surface area contributed by atoms with Crippen LogP contribution in [0.15, 0.2) is 28.8 Å². The maximum atomic E-state index is 11.1. The highest BCUT2D eigenvalue weighted by molar-refractivity contribution is 6.33. The normalized spacial score (nSPS) is 11.0. The van der Waals surface area contributed by atoms with Gasteiger partial charge in [-0.3, -0.25) is 10.1 Å². The molecule has 0 aliphatic rings. The molecule has 0 atom stereocenters. The van der Waals surface area contributed by atoms with Crippen LogP contribution in [0.2, 0.25) is 5.02 Å². The minimum absolute atomic E-state index is 0.0921. The van der Waals surface area contributed by atoms with Crippen molar-refractivity contribution in [3.8, 4) is 11.3 Å². The van der Waals surface area contributed by atoms with Crippen LogP contribution < -0.4 is 5.32 Å². The Bertz CT molecular complexity index is 640. The molecule has 0 amide bonds. The summed E-state index contributed by atoms with van der Waals surface area (Å²) in [6, 6.07) is 4.90. The van der Waals surface area contributed by atoms with Crippen molar-refractivity contribution in [2.75, 3.05) is 6.54 Å². The van der Waals surface area contributed by atoms with Crippen molar-refractivity contribution in [1.29, 1.82) is 0 Å². The monoisotopic (exact) mass is 309 g/mol. The van der Waals surface area contributed by atoms with E-state index in [2.05, 4.69) is 10.3 Å². The lowest BCUT2D eigenvalue weighted by atomic mass is 10.1. The van der Waals surface area contributed by atoms with Gasteiger partial charge in [0.15, 0.2) is 11.7 Å². The van der Waals surface area contributed by atoms with Gasteiger partial charge in [0.2, 0.25) is 0 Å². The molecule has 0 saturated carbocycles. The first kappa shape index (κ1) is 15.5. The molecule has 0 radical (unpaired) electrons. The van der Waals surface area contributed by atoms with Gasteiger partial charge in [-0.2, -0.15) is 0 Å². The van der Waals surface area contributed by atoms with Gasteiger partial charge in [0.05, 0.1) is 16.1 Å². The van der Waals surface area contributed by atoms with Crippen LogP contribution in [0.25, 0.3) is 11.3 Å². The zero-order valence-corrected chi connectivity index (χ0v) is 12.6. The van der Waals surface area contributed by atoms with Gasteiger partial charge in [0.25, 0.3) is 5.69 Å². The molecule has 7 heteroatoms. The molecule has 1 heterocycles. The fraction of sp³-hybridized carbons (Fsp3) is 0.357. The maximum absolute atomic E-state index is 11.1. The summed E-state index contributed by atoms with van der Waals surface area (Å²) >= 11 is 6.06. The van der Waals surface area contributed by atoms with Crippen LogP contribution in [0.3, 0.4) is 0 Å². The van der Waals surface area contributed by atoms with Crippen molar-refractivity contribution in [3.05, 3.63) is 45.4 Å². The van der Waals surface area contributed by atoms with Crippen molar-refractivity contribution in [3.63, 3.8) is 0 Å². The molecule has 0 saturated heterocycles. The molecular weight excluding hydrogens is 294 g/mol. The highest BCUT2D eigenvalue weighted by atomic mass is 35.5. The summed E-state index contributed by atoms with van der Waals surface area (Å²) in [6.45, 7) is 4.82. The fourth-order valence-corrected chi connectivity index (χ4v) is 2.18. The number of nitro benzene ring substituents is 1. The Balaban J connectivity index is 2.24. The second-order valence-corrected chi connectivity index (χ2v) is 5.28. The minimum atomic E-state index is -0.482. The second-order valence-electron chi connectivity index (χ2n) is 4.87. The second kappa shape index (κ2) is 6.69. The average molecular weight is 310 g/mol. The van der Waals surface area contributed by atoms with Crippen LogP contribution >= 0.6 is 11.6 Å². The zero-order valence-electron chi connectivity index (χ0n) is 11.8. The molecule has 2 aromatic rings. The molecule has 0 unspecified atom stereocenters. The standard InChI is InChI=1S/C14H16ClN3O3/c1-9(2)16-7-6-13-17-8-12(21-13)14-10(15)4-3-5-11(14)18(19)20/h3-5,8-9,16H,6-7H2,1-2H3. The SMILES string of the molecule is CC(C)NCCc1ncc(-c2c(Cl)cccc2[N+](=O)[O-])o1. The average Bonchev–Trinajstić information content (AvgIpc) is 2.86. The Morgan fingerprint density at radius 1 is 1.48 bits per heavy atom. The third kappa shape index (κ3) is 3.80. The summed E-state index contributed by atoms with van der Waals surface area (Å²) in [5.41, 5.74) is 0.172. The van der Waals surface area contributed by atoms with Crippen LogP contribution in [0.5, 0.6) is 0 Å². The highest BCUT2D eigenvalue weighted by Gasteiger charge is 2.21. The number of nitrogens with one attached hydrogen (secondary N) is 1. The lowest BCUT2D eigenvalue weighted by Crippen LogP contribution is -2.24. The van der Waals surface area contributed by atoms with E-state index in [0.29, 0.717) is 24.1 Å². The molecule has 0 aliphatic heterocycles. The summed E-state index contributed by atoms with van der Waals surface area (Å²) in [7, 11) is 0. The van der Waals surface area contributed by atoms with Crippen LogP contribution in [-0.2, 0) is 6.42 Å². The summed E-state index contributed by atoms with van der Waals surface area (Å²) in [5.74, 6) is 0.833. The highest BCUT2D eigenvalue weighted by Crippen LogP contribution is 2.36. The minimum Gasteiger partial charge on any atom is -0.440 e. The Hall–Kier alpha value is -1.92. The van der Waals surface area contributed by atoms with Crippen molar-refractivity contribution >= 4 is 17.3 Å². The lowest BCUT2D eigenvalue weighted by molar-refractivity contribution is -0.384. The van der Waals surface area contributed by atoms with Crippen molar-refractivity contribution in [2.45, 2.75) is 26.3 Å². The number of hydrogen-bond acceptors (Lipinski definition) is 5. The number of oxazole rings is 1. The smallest absolute Gasteiger partial charge is 0.281 e. The topological polar surface area (TPSA) is 81.2 Å². The predicted molar refractivity (Wildman–Crippen MR) is 80.4 cm³/mol. The van der Waals surface area contributed by atoms with Gasteiger partial charge < -0.3 is 9.73 Å². The van der Waals surface area contributed by atoms with E-state index in [4.69, 9.17) is 16.0 Å². The number of hydrogen-bond donors (Lipinski definition) is 1. The molecule has 2 rings (SSSR count). The van der Waals surface area contributed by atoms with Gasteiger partial charge in [0.1, 0.15) is 5.56 Å². The molecule has 1 N–H and O–H groups in total. The van der Waals surface area contributed by atoms with E-state index in [0.717, 1.165) is 6.54 Å². The molecule has 6 nitrogen and oxygen atoms in total. The molecule has 1 aromatic carbocycles. The van der Waals surface area contributed by atoms with Gasteiger partial charge in [-0.15, -0.1) is 0 Å². The Labute approximate surface area is 127 Å². The number of halogens is 1. The molecule has 1 aromatic heterocycles. The Morgan fingerprint density at radius 2 is 2.24 bits per heavy atom. The third-order valence-electron chi connectivity index (χ3n) is 2.88. The van der Waals surface area contributed by atoms with Crippen LogP contribution in [0.4, 0.5) is 5.69 Å². The maximum Gasteiger partial charge on any atom is 0.281 e. The van der Waals surface area contributed by atoms with E-state index in [-0.39, 0.29) is 16.3 Å². The molecule has 0 aliphatic carbocycles. The molecule has 0 bridgehead atoms. The summed E-state index contributed by atoms with van der Waals surface area (Å²) in [5, 5.41) is 14.6. The molecule has 21 heavy (non-hydrogen) atoms. The van der Waals surface area contributed by atoms with Crippen LogP contribution in [0, 0.1) is 10.1 Å². The number of aromatic nitrogens is 1. The number of rotatable bonds is 6. The largest absolute Gasteiger partial charge is 0.440 e. The van der Waals surface area contributed by atoms with E-state index in [1.807, 2.05) is 13.8 Å². The summed E-state index contributed by atoms with van der Waals surface area (Å²) < 4.78 is 5.58. The van der Waals surface area contributed by atoms with Crippen molar-refractivity contribution in [2.24, 2.45) is 0 Å². The van der Waals surface area contributed by atoms with E-state index < -0.39 is 4.92 Å². The van der Waals surface area contributed by atoms with Gasteiger partial charge in [0, 0.05) is 25.1 Å². The summed E-state index contributed by atoms with van der Waals surface area (Å²) in [4.78, 5) is 14.7. The van der Waals surface area contributed by atoms with Crippen molar-refractivity contribution < 1.29 is 9.34 Å². The quantitative estimate of drug-likeness (QED) is 0.653. The number of benzene rings is 1. The molecule has 0 spiro atoms. The number of nitrogens with zero attached hydrogens (tertiary/aromatic N) is 2. The first-order valence-corrected chi connectivity index (χ1v) is 6.98. The first-order valence-electron chi connectivity index (χ1n) is 6.60. The molecule has 0 fully saturated rings. The van der Waals surface area contributed by atoms with E-state index in [1.54, 1.807) is 6.07 Å². The Kier molecular flexibility index (Phi) is 4.93. The zero-order chi connectivity index (χ0) is 15.4. The van der Waals surface area contributed by atoms with Gasteiger partial charge >= 0.3 is 0 Å². The van der Waals surface area contributed by atoms with Gasteiger partial charge in [-0.1, -0.05) is 31.5 Å². The lowest BCUT2D eigenvalue weighted by Gasteiger charge is -2.05. The third-order valence-corrected chi connectivity index (χ3v) is 3.19. The van der Waals surface area contributed by atoms with E-state index >= 15 is 0 Å². The molecule has 112 valence electrons. The first-order chi connectivity index (χ1) is 9.99. The van der Waals surface area contributed by atoms with E-state index in [9.17, 15) is 10.1 Å². The van der Waals surface area contributed by atoms with Crippen molar-refractivity contribution in [1.82, 2.24) is 10.3 Å². The fourth-order valence-electron chi connectivity index (χ4n) is 1.92. The Morgan fingerprint density at radius 3 is 2.90 bits per heavy atom. The van der Waals surface area contributed by atoms with Crippen LogP contribution in [-0.4, -0.2) is 22.5 Å². The number of nitro groups is 1. The molecular formula is C14H16ClN3O3. The predicted octanol–water partition coefficient (Wildman–Crippen LogP) is 3.44.